The van der Waals surface area contributed by atoms with Crippen LogP contribution in [0.4, 0.5) is 9.18 Å². The van der Waals surface area contributed by atoms with E-state index in [1.807, 2.05) is 19.1 Å². The smallest absolute Gasteiger partial charge is 0.325 e. The molecule has 1 saturated heterocycles. The third-order valence-electron chi connectivity index (χ3n) is 4.61. The minimum atomic E-state index is -1.21. The number of hydrogen-bond donors (Lipinski definition) is 2. The van der Waals surface area contributed by atoms with Crippen LogP contribution in [0.3, 0.4) is 0 Å². The Kier molecular flexibility index (Phi) is 4.94. The van der Waals surface area contributed by atoms with Crippen LogP contribution in [-0.4, -0.2) is 29.3 Å². The molecule has 3 rings (SSSR count). The zero-order chi connectivity index (χ0) is 19.6. The highest BCUT2D eigenvalue weighted by molar-refractivity contribution is 6.09. The summed E-state index contributed by atoms with van der Waals surface area (Å²) in [5.74, 6) is -1.32. The van der Waals surface area contributed by atoms with Crippen LogP contribution < -0.4 is 10.6 Å². The molecule has 27 heavy (non-hydrogen) atoms. The van der Waals surface area contributed by atoms with Gasteiger partial charge in [0.05, 0.1) is 0 Å². The van der Waals surface area contributed by atoms with Crippen molar-refractivity contribution in [3.63, 3.8) is 0 Å². The minimum absolute atomic E-state index is 0.179. The normalized spacial score (nSPS) is 19.1. The molecule has 1 atom stereocenters. The fraction of sp³-hybridized carbons (Fsp3) is 0.250. The van der Waals surface area contributed by atoms with Crippen LogP contribution >= 0.6 is 0 Å². The van der Waals surface area contributed by atoms with Crippen LogP contribution in [0.2, 0.25) is 0 Å². The molecular weight excluding hydrogens is 349 g/mol. The van der Waals surface area contributed by atoms with Gasteiger partial charge in [-0.2, -0.15) is 0 Å². The van der Waals surface area contributed by atoms with Gasteiger partial charge in [-0.15, -0.1) is 0 Å². The molecule has 6 nitrogen and oxygen atoms in total. The van der Waals surface area contributed by atoms with Crippen molar-refractivity contribution >= 4 is 17.8 Å². The Labute approximate surface area is 156 Å². The maximum absolute atomic E-state index is 12.9. The van der Waals surface area contributed by atoms with Gasteiger partial charge >= 0.3 is 6.03 Å². The summed E-state index contributed by atoms with van der Waals surface area (Å²) in [6, 6.07) is 12.4. The lowest BCUT2D eigenvalue weighted by atomic mass is 9.91. The van der Waals surface area contributed by atoms with Gasteiger partial charge in [-0.3, -0.25) is 14.5 Å². The third-order valence-corrected chi connectivity index (χ3v) is 4.61. The number of imide groups is 1. The van der Waals surface area contributed by atoms with Crippen LogP contribution in [0, 0.1) is 12.7 Å². The van der Waals surface area contributed by atoms with E-state index >= 15 is 0 Å². The molecule has 1 heterocycles. The van der Waals surface area contributed by atoms with Crippen molar-refractivity contribution < 1.29 is 18.8 Å². The zero-order valence-corrected chi connectivity index (χ0v) is 15.1. The summed E-state index contributed by atoms with van der Waals surface area (Å²) in [6.07, 6.45) is 0. The Bertz CT molecular complexity index is 880. The number of carbonyl (C=O) groups excluding carboxylic acids is 3. The summed E-state index contributed by atoms with van der Waals surface area (Å²) in [5, 5.41) is 5.29. The van der Waals surface area contributed by atoms with Gasteiger partial charge in [0.25, 0.3) is 5.91 Å². The second kappa shape index (κ2) is 7.19. The molecule has 2 aromatic rings. The molecule has 2 N–H and O–H groups in total. The average Bonchev–Trinajstić information content (AvgIpc) is 2.86. The predicted octanol–water partition coefficient (Wildman–Crippen LogP) is 2.22. The number of nitrogens with one attached hydrogen (secondary N) is 2. The van der Waals surface area contributed by atoms with Crippen molar-refractivity contribution in [3.05, 3.63) is 71.0 Å². The second-order valence-corrected chi connectivity index (χ2v) is 6.72. The van der Waals surface area contributed by atoms with Gasteiger partial charge in [0, 0.05) is 6.54 Å². The maximum atomic E-state index is 12.9. The SMILES string of the molecule is Cc1ccc([C@@]2(C)NC(=O)N(CC(=O)NCc3ccc(F)cc3)C2=O)cc1. The van der Waals surface area contributed by atoms with E-state index in [4.69, 9.17) is 0 Å². The molecule has 0 bridgehead atoms. The van der Waals surface area contributed by atoms with E-state index in [9.17, 15) is 18.8 Å². The van der Waals surface area contributed by atoms with E-state index < -0.39 is 23.4 Å². The predicted molar refractivity (Wildman–Crippen MR) is 97.0 cm³/mol. The molecule has 1 aliphatic rings. The summed E-state index contributed by atoms with van der Waals surface area (Å²) >= 11 is 0. The molecule has 1 fully saturated rings. The Morgan fingerprint density at radius 3 is 2.37 bits per heavy atom. The standard InChI is InChI=1S/C20H20FN3O3/c1-13-3-7-15(8-4-13)20(2)18(26)24(19(27)23-20)12-17(25)22-11-14-5-9-16(21)10-6-14/h3-10H,11-12H2,1-2H3,(H,22,25)(H,23,27)/t20-/m1/s1. The van der Waals surface area contributed by atoms with Gasteiger partial charge < -0.3 is 10.6 Å². The van der Waals surface area contributed by atoms with E-state index in [0.29, 0.717) is 11.1 Å². The molecule has 0 radical (unpaired) electrons. The van der Waals surface area contributed by atoms with E-state index in [2.05, 4.69) is 10.6 Å². The number of aryl methyl sites for hydroxylation is 1. The van der Waals surface area contributed by atoms with Crippen LogP contribution in [0.15, 0.2) is 48.5 Å². The van der Waals surface area contributed by atoms with Crippen molar-refractivity contribution in [2.24, 2.45) is 0 Å². The molecule has 2 aromatic carbocycles. The monoisotopic (exact) mass is 369 g/mol. The van der Waals surface area contributed by atoms with Crippen LogP contribution in [0.25, 0.3) is 0 Å². The first-order chi connectivity index (χ1) is 12.8. The number of halogens is 1. The molecule has 140 valence electrons. The van der Waals surface area contributed by atoms with E-state index in [-0.39, 0.29) is 18.9 Å². The summed E-state index contributed by atoms with van der Waals surface area (Å²) in [5.41, 5.74) is 1.20. The minimum Gasteiger partial charge on any atom is -0.350 e. The third kappa shape index (κ3) is 3.81. The average molecular weight is 369 g/mol. The number of rotatable bonds is 5. The Morgan fingerprint density at radius 1 is 1.11 bits per heavy atom. The van der Waals surface area contributed by atoms with Crippen molar-refractivity contribution in [3.8, 4) is 0 Å². The quantitative estimate of drug-likeness (QED) is 0.794. The van der Waals surface area contributed by atoms with Crippen LogP contribution in [0.5, 0.6) is 0 Å². The number of urea groups is 1. The highest BCUT2D eigenvalue weighted by Gasteiger charge is 2.49. The van der Waals surface area contributed by atoms with Gasteiger partial charge in [-0.25, -0.2) is 9.18 Å². The molecule has 0 aliphatic carbocycles. The van der Waals surface area contributed by atoms with Crippen molar-refractivity contribution in [1.29, 1.82) is 0 Å². The van der Waals surface area contributed by atoms with E-state index in [0.717, 1.165) is 10.5 Å². The lowest BCUT2D eigenvalue weighted by molar-refractivity contribution is -0.134. The Hall–Kier alpha value is -3.22. The maximum Gasteiger partial charge on any atom is 0.325 e. The number of hydrogen-bond acceptors (Lipinski definition) is 3. The molecule has 4 amide bonds. The van der Waals surface area contributed by atoms with Gasteiger partial charge in [-0.05, 0) is 37.1 Å². The molecular formula is C20H20FN3O3. The first kappa shape index (κ1) is 18.6. The highest BCUT2D eigenvalue weighted by Crippen LogP contribution is 2.28. The summed E-state index contributed by atoms with van der Waals surface area (Å²) in [6.45, 7) is 3.35. The topological polar surface area (TPSA) is 78.5 Å². The number of nitrogens with zero attached hydrogens (tertiary/aromatic N) is 1. The first-order valence-corrected chi connectivity index (χ1v) is 8.52. The highest BCUT2D eigenvalue weighted by atomic mass is 19.1. The van der Waals surface area contributed by atoms with Gasteiger partial charge in [-0.1, -0.05) is 42.0 Å². The van der Waals surface area contributed by atoms with Gasteiger partial charge in [0.15, 0.2) is 0 Å². The van der Waals surface area contributed by atoms with Crippen LogP contribution in [0.1, 0.15) is 23.6 Å². The number of benzene rings is 2. The molecule has 0 unspecified atom stereocenters. The lowest BCUT2D eigenvalue weighted by Gasteiger charge is -2.22. The van der Waals surface area contributed by atoms with Crippen LogP contribution in [-0.2, 0) is 21.7 Å². The van der Waals surface area contributed by atoms with Crippen molar-refractivity contribution in [2.75, 3.05) is 6.54 Å². The summed E-state index contributed by atoms with van der Waals surface area (Å²) in [7, 11) is 0. The Morgan fingerprint density at radius 2 is 1.74 bits per heavy atom. The van der Waals surface area contributed by atoms with Crippen molar-refractivity contribution in [2.45, 2.75) is 25.9 Å². The fourth-order valence-electron chi connectivity index (χ4n) is 2.93. The van der Waals surface area contributed by atoms with Gasteiger partial charge in [0.1, 0.15) is 17.9 Å². The summed E-state index contributed by atoms with van der Waals surface area (Å²) in [4.78, 5) is 38.1. The molecule has 7 heteroatoms. The Balaban J connectivity index is 1.65. The van der Waals surface area contributed by atoms with Crippen molar-refractivity contribution in [1.82, 2.24) is 15.5 Å². The fourth-order valence-corrected chi connectivity index (χ4v) is 2.93. The first-order valence-electron chi connectivity index (χ1n) is 8.52. The zero-order valence-electron chi connectivity index (χ0n) is 15.1. The van der Waals surface area contributed by atoms with E-state index in [1.165, 1.54) is 12.1 Å². The number of amides is 4. The molecule has 0 saturated carbocycles. The number of carbonyl (C=O) groups is 3. The largest absolute Gasteiger partial charge is 0.350 e. The molecule has 0 aromatic heterocycles. The summed E-state index contributed by atoms with van der Waals surface area (Å²) < 4.78 is 12.9. The lowest BCUT2D eigenvalue weighted by Crippen LogP contribution is -2.43. The second-order valence-electron chi connectivity index (χ2n) is 6.72. The molecule has 0 spiro atoms. The van der Waals surface area contributed by atoms with Gasteiger partial charge in [0.2, 0.25) is 5.91 Å². The van der Waals surface area contributed by atoms with E-state index in [1.54, 1.807) is 31.2 Å². The molecule has 1 aliphatic heterocycles.